The number of anilines is 1. The number of amides is 1. The molecule has 26 nitrogen and oxygen atoms in total. The number of nitrogens with one attached hydrogen (secondary N) is 1. The summed E-state index contributed by atoms with van der Waals surface area (Å²) < 4.78 is 106. The zero-order valence-corrected chi connectivity index (χ0v) is 56.5. The van der Waals surface area contributed by atoms with Crippen molar-refractivity contribution < 1.29 is 120 Å². The number of methoxy groups -OCH3 is 5. The van der Waals surface area contributed by atoms with Gasteiger partial charge in [-0.3, -0.25) is 9.59 Å². The number of para-hydroxylation sites is 1. The van der Waals surface area contributed by atoms with Crippen molar-refractivity contribution in [1.29, 1.82) is 0 Å². The Labute approximate surface area is 545 Å². The van der Waals surface area contributed by atoms with E-state index in [1.165, 1.54) is 33.9 Å². The molecule has 5 aliphatic heterocycles. The molecule has 3 saturated carbocycles. The molecule has 0 bridgehead atoms. The van der Waals surface area contributed by atoms with E-state index in [1.54, 1.807) is 60.5 Å². The Morgan fingerprint density at radius 3 is 1.58 bits per heavy atom. The fraction of sp³-hybridized carbons (Fsp3) is 0.836. The van der Waals surface area contributed by atoms with Gasteiger partial charge in [-0.2, -0.15) is 0 Å². The van der Waals surface area contributed by atoms with E-state index in [0.717, 1.165) is 5.57 Å². The highest BCUT2D eigenvalue weighted by atomic mass is 16.8. The third-order valence-corrected chi connectivity index (χ3v) is 22.6. The van der Waals surface area contributed by atoms with E-state index in [9.17, 15) is 39.9 Å². The second-order valence-electron chi connectivity index (χ2n) is 27.8. The molecule has 526 valence electrons. The van der Waals surface area contributed by atoms with E-state index >= 15 is 0 Å². The van der Waals surface area contributed by atoms with Crippen molar-refractivity contribution in [2.75, 3.05) is 40.9 Å². The number of carbonyl (C=O) groups excluding carboxylic acids is 3. The maximum Gasteiger partial charge on any atom is 0.340 e. The number of rotatable bonds is 20. The predicted octanol–water partition coefficient (Wildman–Crippen LogP) is 4.66. The maximum atomic E-state index is 13.8. The first-order chi connectivity index (χ1) is 44.0. The van der Waals surface area contributed by atoms with Gasteiger partial charge in [0.15, 0.2) is 31.5 Å². The number of hydrogen-bond acceptors (Lipinski definition) is 25. The minimum Gasteiger partial charge on any atom is -0.462 e. The third kappa shape index (κ3) is 13.5. The van der Waals surface area contributed by atoms with Crippen molar-refractivity contribution in [3.63, 3.8) is 0 Å². The predicted molar refractivity (Wildman–Crippen MR) is 327 cm³/mol. The van der Waals surface area contributed by atoms with Crippen LogP contribution in [0.15, 0.2) is 35.9 Å². The van der Waals surface area contributed by atoms with Crippen molar-refractivity contribution >= 4 is 23.5 Å². The summed E-state index contributed by atoms with van der Waals surface area (Å²) in [6, 6.07) is 6.35. The monoisotopic (exact) mass is 1320 g/mol. The molecule has 8 fully saturated rings. The van der Waals surface area contributed by atoms with Gasteiger partial charge < -0.3 is 111 Å². The topological polar surface area (TPSA) is 321 Å². The molecule has 1 aromatic rings. The Bertz CT molecular complexity index is 2780. The molecule has 5 saturated heterocycles. The molecule has 4 aliphatic carbocycles. The molecule has 0 radical (unpaired) electrons. The van der Waals surface area contributed by atoms with Crippen LogP contribution in [-0.2, 0) is 90.1 Å². The fourth-order valence-electron chi connectivity index (χ4n) is 17.4. The van der Waals surface area contributed by atoms with Gasteiger partial charge in [0.05, 0.1) is 77.7 Å². The molecule has 26 heteroatoms. The molecule has 10 rings (SSSR count). The quantitative estimate of drug-likeness (QED) is 0.0763. The van der Waals surface area contributed by atoms with Gasteiger partial charge in [0.25, 0.3) is 0 Å². The van der Waals surface area contributed by atoms with Gasteiger partial charge >= 0.3 is 11.9 Å². The first-order valence-corrected chi connectivity index (χ1v) is 33.2. The molecule has 1 aromatic carbocycles. The Hall–Kier alpha value is -3.43. The molecule has 5 heterocycles. The Kier molecular flexibility index (Phi) is 22.4. The van der Waals surface area contributed by atoms with E-state index in [4.69, 9.17) is 80.5 Å². The highest BCUT2D eigenvalue weighted by molar-refractivity contribution is 6.00. The smallest absolute Gasteiger partial charge is 0.340 e. The van der Waals surface area contributed by atoms with Crippen molar-refractivity contribution in [3.8, 4) is 0 Å². The largest absolute Gasteiger partial charge is 0.462 e. The molecule has 9 aliphatic rings. The average molecular weight is 1320 g/mol. The van der Waals surface area contributed by atoms with E-state index in [1.807, 2.05) is 33.8 Å². The van der Waals surface area contributed by atoms with E-state index in [0.29, 0.717) is 38.5 Å². The highest BCUT2D eigenvalue weighted by Crippen LogP contribution is 2.71. The number of carbonyl (C=O) groups is 3. The van der Waals surface area contributed by atoms with Crippen molar-refractivity contribution in [2.24, 2.45) is 16.7 Å². The third-order valence-electron chi connectivity index (χ3n) is 22.6. The van der Waals surface area contributed by atoms with Gasteiger partial charge in [0, 0.05) is 81.0 Å². The summed E-state index contributed by atoms with van der Waals surface area (Å²) >= 11 is 0. The SMILES string of the molecule is CO[C@H]1[C@@H](O)[C@H](O[C@@H]2[C@@H](C)O[C@@H](O[C@H]3[C@@H](OC)CC(O[C@H]4[C@@H](OC)CC(O[C@H]5[C@@H](OC)CC(O[C@H]6CC[C@@]7(C)C(=CC[C@]8(O)[C@@H]7C[C@@H](OC(C)=O)[C@@]7(C)[C@]8(O)CC[C@@]7(O)[C@H](C)OC(=O)c7ccccc7NC(C)=O)C6)O[C@@H]5C)O[C@@H]4C)O[C@@H]3C)C[C@H]2OC)O[C@H](C)[C@H]1O. The van der Waals surface area contributed by atoms with Crippen LogP contribution in [0.1, 0.15) is 150 Å². The molecule has 0 aromatic heterocycles. The summed E-state index contributed by atoms with van der Waals surface area (Å²) in [6.07, 6.45) is -11.7. The van der Waals surface area contributed by atoms with Crippen molar-refractivity contribution in [3.05, 3.63) is 41.5 Å². The van der Waals surface area contributed by atoms with Gasteiger partial charge in [-0.05, 0) is 104 Å². The first-order valence-electron chi connectivity index (χ1n) is 33.2. The zero-order chi connectivity index (χ0) is 67.4. The summed E-state index contributed by atoms with van der Waals surface area (Å²) in [5, 5.41) is 63.5. The standard InChI is InChI=1S/C67H103NO25/c1-32-54(71)60(81-15)55(72)62(86-32)93-59-36(5)85-53(30-47(59)80-14)92-58-35(4)84-52(29-46(58)79-13)91-57-34(3)83-51(28-45(57)78-12)90-56-33(2)82-50(27-44(56)77-11)89-41-21-22-63(9)40(26-41)20-23-66(75)48(63)31-49(88-39(8)70)64(10)65(74,24-25-67(64,66)76)37(6)87-61(73)42-18-16-17-19-43(42)68-38(7)69/h16-20,32-37,41,44-60,62,71-72,74-76H,21-31H2,1-15H3,(H,68,69)/t32-,33-,34-,35-,36-,37+,41+,44+,45+,46+,47-,48-,49-,50?,51?,52?,53+,54-,55-,56-,57-,58-,59-,60-,62+,63+,64-,65-,66+,67-/m1/s1. The van der Waals surface area contributed by atoms with Crippen LogP contribution in [-0.4, -0.2) is 243 Å². The maximum absolute atomic E-state index is 13.8. The lowest BCUT2D eigenvalue weighted by Gasteiger charge is -2.67. The molecular weight excluding hydrogens is 1220 g/mol. The van der Waals surface area contributed by atoms with Crippen LogP contribution in [0.4, 0.5) is 5.69 Å². The number of aliphatic hydroxyl groups is 5. The zero-order valence-electron chi connectivity index (χ0n) is 56.5. The van der Waals surface area contributed by atoms with Crippen LogP contribution in [0.2, 0.25) is 0 Å². The number of ether oxygens (including phenoxy) is 17. The van der Waals surface area contributed by atoms with Gasteiger partial charge in [0.1, 0.15) is 71.7 Å². The van der Waals surface area contributed by atoms with Crippen LogP contribution >= 0.6 is 0 Å². The number of hydrogen-bond donors (Lipinski definition) is 6. The Morgan fingerprint density at radius 1 is 0.602 bits per heavy atom. The van der Waals surface area contributed by atoms with Crippen LogP contribution in [0.25, 0.3) is 0 Å². The van der Waals surface area contributed by atoms with Gasteiger partial charge in [-0.15, -0.1) is 0 Å². The Morgan fingerprint density at radius 2 is 1.10 bits per heavy atom. The van der Waals surface area contributed by atoms with Crippen LogP contribution in [0.5, 0.6) is 0 Å². The lowest BCUT2D eigenvalue weighted by molar-refractivity contribution is -0.358. The van der Waals surface area contributed by atoms with Crippen molar-refractivity contribution in [1.82, 2.24) is 0 Å². The summed E-state index contributed by atoms with van der Waals surface area (Å²) in [6.45, 7) is 17.1. The van der Waals surface area contributed by atoms with Gasteiger partial charge in [-0.25, -0.2) is 4.79 Å². The first kappa shape index (κ1) is 72.3. The average Bonchev–Trinajstić information content (AvgIpc) is 1.63. The van der Waals surface area contributed by atoms with E-state index in [2.05, 4.69) is 12.2 Å². The van der Waals surface area contributed by atoms with Crippen LogP contribution in [0.3, 0.4) is 0 Å². The summed E-state index contributed by atoms with van der Waals surface area (Å²) in [4.78, 5) is 38.8. The van der Waals surface area contributed by atoms with E-state index in [-0.39, 0.29) is 55.4 Å². The van der Waals surface area contributed by atoms with Crippen LogP contribution < -0.4 is 5.32 Å². The fourth-order valence-corrected chi connectivity index (χ4v) is 17.4. The second-order valence-corrected chi connectivity index (χ2v) is 27.8. The molecule has 30 atom stereocenters. The summed E-state index contributed by atoms with van der Waals surface area (Å²) in [7, 11) is 7.85. The summed E-state index contributed by atoms with van der Waals surface area (Å²) in [5.74, 6) is -2.44. The molecule has 1 amide bonds. The van der Waals surface area contributed by atoms with Crippen molar-refractivity contribution in [2.45, 2.75) is 304 Å². The normalized spacial score (nSPS) is 47.0. The summed E-state index contributed by atoms with van der Waals surface area (Å²) in [5.41, 5.74) is -6.85. The van der Waals surface area contributed by atoms with Crippen LogP contribution in [0, 0.1) is 16.7 Å². The van der Waals surface area contributed by atoms with Gasteiger partial charge in [-0.1, -0.05) is 37.6 Å². The number of aliphatic hydroxyl groups excluding tert-OH is 2. The minimum absolute atomic E-state index is 0.0449. The second kappa shape index (κ2) is 28.8. The lowest BCUT2D eigenvalue weighted by atomic mass is 9.42. The molecule has 93 heavy (non-hydrogen) atoms. The lowest BCUT2D eigenvalue weighted by Crippen LogP contribution is -2.78. The highest BCUT2D eigenvalue weighted by Gasteiger charge is 2.81. The minimum atomic E-state index is -2.02. The Balaban J connectivity index is 0.726. The van der Waals surface area contributed by atoms with Gasteiger partial charge in [0.2, 0.25) is 5.91 Å². The number of fused-ring (bicyclic) bond motifs is 5. The number of benzene rings is 1. The molecule has 0 spiro atoms. The number of esters is 2. The molecule has 3 unspecified atom stereocenters. The van der Waals surface area contributed by atoms with E-state index < -0.39 is 187 Å². The molecule has 6 N–H and O–H groups in total. The molecular formula is C67H103NO25.